The van der Waals surface area contributed by atoms with E-state index in [2.05, 4.69) is 10.6 Å². The van der Waals surface area contributed by atoms with Gasteiger partial charge >= 0.3 is 0 Å². The molecule has 128 valence electrons. The Morgan fingerprint density at radius 2 is 1.92 bits per heavy atom. The first-order valence-corrected chi connectivity index (χ1v) is 8.77. The molecule has 1 heterocycles. The number of carbonyl (C=O) groups excluding carboxylic acids is 2. The highest BCUT2D eigenvalue weighted by Crippen LogP contribution is 2.18. The number of thiophene rings is 1. The Bertz CT molecular complexity index is 644. The Hall–Kier alpha value is -2.18. The number of aliphatic hydroxyl groups is 1. The van der Waals surface area contributed by atoms with Crippen LogP contribution in [0.1, 0.15) is 34.5 Å². The van der Waals surface area contributed by atoms with E-state index in [1.54, 1.807) is 19.1 Å². The third kappa shape index (κ3) is 5.18. The zero-order valence-electron chi connectivity index (χ0n) is 13.6. The molecule has 3 N–H and O–H groups in total. The monoisotopic (exact) mass is 346 g/mol. The average molecular weight is 346 g/mol. The molecule has 6 heteroatoms. The molecule has 0 saturated heterocycles. The standard InChI is InChI=1S/C18H22N2O3S/c1-13(20-18(23)16-8-5-11-24-16)17(22)19-12-15(9-10-21)14-6-3-2-4-7-14/h2-8,11,13,15,21H,9-10,12H2,1H3,(H,19,22)(H,20,23). The van der Waals surface area contributed by atoms with Crippen LogP contribution < -0.4 is 10.6 Å². The van der Waals surface area contributed by atoms with Gasteiger partial charge in [-0.15, -0.1) is 11.3 Å². The number of benzene rings is 1. The van der Waals surface area contributed by atoms with Crippen LogP contribution in [-0.2, 0) is 4.79 Å². The molecule has 2 unspecified atom stereocenters. The minimum absolute atomic E-state index is 0.0420. The number of amides is 2. The van der Waals surface area contributed by atoms with Crippen LogP contribution in [0, 0.1) is 0 Å². The Kier molecular flexibility index (Phi) is 6.96. The van der Waals surface area contributed by atoms with Gasteiger partial charge in [0.2, 0.25) is 5.91 Å². The first kappa shape index (κ1) is 18.2. The van der Waals surface area contributed by atoms with Crippen LogP contribution in [0.5, 0.6) is 0 Å². The molecule has 0 aliphatic rings. The van der Waals surface area contributed by atoms with E-state index < -0.39 is 6.04 Å². The Morgan fingerprint density at radius 3 is 2.54 bits per heavy atom. The maximum Gasteiger partial charge on any atom is 0.261 e. The lowest BCUT2D eigenvalue weighted by molar-refractivity contribution is -0.122. The quantitative estimate of drug-likeness (QED) is 0.685. The molecule has 5 nitrogen and oxygen atoms in total. The summed E-state index contributed by atoms with van der Waals surface area (Å²) in [4.78, 5) is 24.8. The summed E-state index contributed by atoms with van der Waals surface area (Å²) in [5.41, 5.74) is 1.07. The van der Waals surface area contributed by atoms with E-state index in [9.17, 15) is 14.7 Å². The maximum atomic E-state index is 12.2. The third-order valence-corrected chi connectivity index (χ3v) is 4.63. The summed E-state index contributed by atoms with van der Waals surface area (Å²) >= 11 is 1.34. The molecule has 0 spiro atoms. The lowest BCUT2D eigenvalue weighted by Gasteiger charge is -2.19. The summed E-state index contributed by atoms with van der Waals surface area (Å²) in [6, 6.07) is 12.7. The summed E-state index contributed by atoms with van der Waals surface area (Å²) in [7, 11) is 0. The zero-order valence-corrected chi connectivity index (χ0v) is 14.4. The van der Waals surface area contributed by atoms with Crippen molar-refractivity contribution in [3.05, 3.63) is 58.3 Å². The average Bonchev–Trinajstić information content (AvgIpc) is 3.13. The topological polar surface area (TPSA) is 78.4 Å². The van der Waals surface area contributed by atoms with Gasteiger partial charge in [0.05, 0.1) is 4.88 Å². The zero-order chi connectivity index (χ0) is 17.4. The smallest absolute Gasteiger partial charge is 0.261 e. The largest absolute Gasteiger partial charge is 0.396 e. The highest BCUT2D eigenvalue weighted by atomic mass is 32.1. The fourth-order valence-corrected chi connectivity index (χ4v) is 3.01. The lowest BCUT2D eigenvalue weighted by atomic mass is 9.96. The van der Waals surface area contributed by atoms with Gasteiger partial charge in [0.15, 0.2) is 0 Å². The van der Waals surface area contributed by atoms with Crippen molar-refractivity contribution in [1.29, 1.82) is 0 Å². The van der Waals surface area contributed by atoms with Gasteiger partial charge in [-0.05, 0) is 30.4 Å². The third-order valence-electron chi connectivity index (χ3n) is 3.76. The van der Waals surface area contributed by atoms with Gasteiger partial charge in [0.1, 0.15) is 6.04 Å². The molecule has 2 atom stereocenters. The molecular weight excluding hydrogens is 324 g/mol. The van der Waals surface area contributed by atoms with Crippen LogP contribution in [0.4, 0.5) is 0 Å². The number of aliphatic hydroxyl groups excluding tert-OH is 1. The summed E-state index contributed by atoms with van der Waals surface area (Å²) in [6.45, 7) is 2.13. The Labute approximate surface area is 145 Å². The first-order chi connectivity index (χ1) is 11.6. The highest BCUT2D eigenvalue weighted by Gasteiger charge is 2.19. The van der Waals surface area contributed by atoms with Gasteiger partial charge in [0, 0.05) is 19.1 Å². The van der Waals surface area contributed by atoms with E-state index in [1.165, 1.54) is 11.3 Å². The molecule has 1 aromatic carbocycles. The summed E-state index contributed by atoms with van der Waals surface area (Å²) < 4.78 is 0. The molecule has 0 aliphatic carbocycles. The fraction of sp³-hybridized carbons (Fsp3) is 0.333. The van der Waals surface area contributed by atoms with Gasteiger partial charge in [-0.2, -0.15) is 0 Å². The number of carbonyl (C=O) groups is 2. The molecule has 24 heavy (non-hydrogen) atoms. The molecule has 0 aliphatic heterocycles. The molecule has 0 fully saturated rings. The molecule has 0 saturated carbocycles. The number of hydrogen-bond donors (Lipinski definition) is 3. The SMILES string of the molecule is CC(NC(=O)c1cccs1)C(=O)NCC(CCO)c1ccccc1. The van der Waals surface area contributed by atoms with Crippen molar-refractivity contribution in [2.45, 2.75) is 25.3 Å². The maximum absolute atomic E-state index is 12.2. The molecule has 2 rings (SSSR count). The number of rotatable bonds is 8. The minimum atomic E-state index is -0.620. The van der Waals surface area contributed by atoms with Crippen molar-refractivity contribution in [2.24, 2.45) is 0 Å². The second-order valence-electron chi connectivity index (χ2n) is 5.54. The molecule has 0 radical (unpaired) electrons. The van der Waals surface area contributed by atoms with Crippen LogP contribution in [-0.4, -0.2) is 36.1 Å². The van der Waals surface area contributed by atoms with E-state index in [-0.39, 0.29) is 24.3 Å². The van der Waals surface area contributed by atoms with Gasteiger partial charge in [-0.25, -0.2) is 0 Å². The predicted octanol–water partition coefficient (Wildman–Crippen LogP) is 2.15. The van der Waals surface area contributed by atoms with Gasteiger partial charge in [0.25, 0.3) is 5.91 Å². The van der Waals surface area contributed by atoms with Crippen LogP contribution in [0.25, 0.3) is 0 Å². The summed E-state index contributed by atoms with van der Waals surface area (Å²) in [5.74, 6) is -0.443. The van der Waals surface area contributed by atoms with Crippen molar-refractivity contribution in [3.8, 4) is 0 Å². The molecule has 2 amide bonds. The van der Waals surface area contributed by atoms with Crippen LogP contribution >= 0.6 is 11.3 Å². The lowest BCUT2D eigenvalue weighted by Crippen LogP contribution is -2.45. The van der Waals surface area contributed by atoms with Crippen LogP contribution in [0.3, 0.4) is 0 Å². The molecule has 2 aromatic rings. The molecule has 0 bridgehead atoms. The second-order valence-corrected chi connectivity index (χ2v) is 6.49. The van der Waals surface area contributed by atoms with Crippen molar-refractivity contribution >= 4 is 23.2 Å². The fourth-order valence-electron chi connectivity index (χ4n) is 2.39. The predicted molar refractivity (Wildman–Crippen MR) is 95.1 cm³/mol. The van der Waals surface area contributed by atoms with Crippen molar-refractivity contribution in [3.63, 3.8) is 0 Å². The van der Waals surface area contributed by atoms with E-state index in [0.717, 1.165) is 5.56 Å². The Balaban J connectivity index is 1.87. The normalized spacial score (nSPS) is 13.1. The summed E-state index contributed by atoms with van der Waals surface area (Å²) in [5, 5.41) is 16.6. The number of nitrogens with one attached hydrogen (secondary N) is 2. The van der Waals surface area contributed by atoms with Crippen molar-refractivity contribution in [2.75, 3.05) is 13.2 Å². The van der Waals surface area contributed by atoms with E-state index in [0.29, 0.717) is 17.8 Å². The van der Waals surface area contributed by atoms with Crippen LogP contribution in [0.15, 0.2) is 47.8 Å². The molecular formula is C18H22N2O3S. The summed E-state index contributed by atoms with van der Waals surface area (Å²) in [6.07, 6.45) is 0.570. The van der Waals surface area contributed by atoms with Crippen molar-refractivity contribution < 1.29 is 14.7 Å². The first-order valence-electron chi connectivity index (χ1n) is 7.89. The number of hydrogen-bond acceptors (Lipinski definition) is 4. The molecule has 1 aromatic heterocycles. The van der Waals surface area contributed by atoms with E-state index in [4.69, 9.17) is 0 Å². The highest BCUT2D eigenvalue weighted by molar-refractivity contribution is 7.12. The Morgan fingerprint density at radius 1 is 1.17 bits per heavy atom. The van der Waals surface area contributed by atoms with Gasteiger partial charge in [-0.1, -0.05) is 36.4 Å². The van der Waals surface area contributed by atoms with Gasteiger partial charge < -0.3 is 15.7 Å². The van der Waals surface area contributed by atoms with E-state index >= 15 is 0 Å². The second kappa shape index (κ2) is 9.20. The van der Waals surface area contributed by atoms with E-state index in [1.807, 2.05) is 35.7 Å². The minimum Gasteiger partial charge on any atom is -0.396 e. The van der Waals surface area contributed by atoms with Crippen LogP contribution in [0.2, 0.25) is 0 Å². The van der Waals surface area contributed by atoms with Gasteiger partial charge in [-0.3, -0.25) is 9.59 Å². The van der Waals surface area contributed by atoms with Crippen molar-refractivity contribution in [1.82, 2.24) is 10.6 Å².